The van der Waals surface area contributed by atoms with Crippen LogP contribution in [0.5, 0.6) is 0 Å². The quantitative estimate of drug-likeness (QED) is 0.507. The summed E-state index contributed by atoms with van der Waals surface area (Å²) >= 11 is 0. The number of hydrogen-bond donors (Lipinski definition) is 0. The first-order valence-electron chi connectivity index (χ1n) is 3.91. The van der Waals surface area contributed by atoms with Crippen LogP contribution in [0.25, 0.3) is 0 Å². The molecule has 0 unspecified atom stereocenters. The van der Waals surface area contributed by atoms with E-state index in [4.69, 9.17) is 0 Å². The lowest BCUT2D eigenvalue weighted by Crippen LogP contribution is -2.45. The Kier molecular flexibility index (Phi) is 1.82. The molecule has 1 heterocycles. The largest absolute Gasteiger partial charge is 0.270 e. The van der Waals surface area contributed by atoms with Crippen LogP contribution in [0.3, 0.4) is 0 Å². The average molecular weight is 167 g/mol. The molecule has 0 spiro atoms. The summed E-state index contributed by atoms with van der Waals surface area (Å²) in [5.41, 5.74) is 0.109. The molecule has 12 heavy (non-hydrogen) atoms. The van der Waals surface area contributed by atoms with Crippen molar-refractivity contribution in [2.24, 2.45) is 0 Å². The maximum absolute atomic E-state index is 11.4. The van der Waals surface area contributed by atoms with Gasteiger partial charge in [0.1, 0.15) is 0 Å². The summed E-state index contributed by atoms with van der Waals surface area (Å²) in [7, 11) is 0. The van der Waals surface area contributed by atoms with Crippen LogP contribution < -0.4 is 0 Å². The predicted molar refractivity (Wildman–Crippen MR) is 45.4 cm³/mol. The topological polar surface area (TPSA) is 37.4 Å². The van der Waals surface area contributed by atoms with Crippen molar-refractivity contribution in [3.63, 3.8) is 0 Å². The fraction of sp³-hybridized carbons (Fsp3) is 0.556. The Bertz CT molecular complexity index is 271. The molecule has 1 rings (SSSR count). The van der Waals surface area contributed by atoms with Crippen LogP contribution in [0.15, 0.2) is 11.6 Å². The minimum atomic E-state index is -0.414. The highest BCUT2D eigenvalue weighted by Gasteiger charge is 2.36. The van der Waals surface area contributed by atoms with Crippen molar-refractivity contribution in [2.75, 3.05) is 0 Å². The molecule has 0 aromatic rings. The van der Waals surface area contributed by atoms with Gasteiger partial charge in [0.2, 0.25) is 0 Å². The Morgan fingerprint density at radius 2 is 1.75 bits per heavy atom. The molecule has 0 N–H and O–H groups in total. The second-order valence-corrected chi connectivity index (χ2v) is 3.98. The number of rotatable bonds is 0. The summed E-state index contributed by atoms with van der Waals surface area (Å²) in [5, 5.41) is 0. The summed E-state index contributed by atoms with van der Waals surface area (Å²) in [4.78, 5) is 23.9. The van der Waals surface area contributed by atoms with Gasteiger partial charge in [0.25, 0.3) is 11.8 Å². The van der Waals surface area contributed by atoms with Crippen molar-refractivity contribution in [1.82, 2.24) is 4.90 Å². The lowest BCUT2D eigenvalue weighted by Gasteiger charge is -2.29. The molecule has 0 saturated carbocycles. The molecule has 0 radical (unpaired) electrons. The first-order valence-corrected chi connectivity index (χ1v) is 3.91. The van der Waals surface area contributed by atoms with Crippen LogP contribution in [-0.4, -0.2) is 22.3 Å². The number of hydrogen-bond acceptors (Lipinski definition) is 2. The third-order valence-electron chi connectivity index (χ3n) is 1.77. The van der Waals surface area contributed by atoms with Gasteiger partial charge in [-0.05, 0) is 27.7 Å². The molecule has 0 atom stereocenters. The third kappa shape index (κ3) is 1.26. The molecule has 1 aliphatic heterocycles. The van der Waals surface area contributed by atoms with Gasteiger partial charge in [0.15, 0.2) is 0 Å². The van der Waals surface area contributed by atoms with Crippen LogP contribution in [-0.2, 0) is 9.59 Å². The third-order valence-corrected chi connectivity index (χ3v) is 1.77. The molecule has 3 heteroatoms. The van der Waals surface area contributed by atoms with E-state index in [1.165, 1.54) is 11.0 Å². The van der Waals surface area contributed by atoms with Crippen molar-refractivity contribution in [3.05, 3.63) is 11.6 Å². The second kappa shape index (κ2) is 2.44. The van der Waals surface area contributed by atoms with Gasteiger partial charge in [-0.25, -0.2) is 0 Å². The molecule has 3 nitrogen and oxygen atoms in total. The zero-order valence-corrected chi connectivity index (χ0v) is 7.84. The van der Waals surface area contributed by atoms with E-state index in [2.05, 4.69) is 0 Å². The monoisotopic (exact) mass is 167 g/mol. The minimum absolute atomic E-state index is 0.174. The SMILES string of the molecule is CC1=CC(=O)N(C(C)(C)C)C1=O. The van der Waals surface area contributed by atoms with Gasteiger partial charge in [-0.15, -0.1) is 0 Å². The van der Waals surface area contributed by atoms with Crippen molar-refractivity contribution in [1.29, 1.82) is 0 Å². The maximum Gasteiger partial charge on any atom is 0.257 e. The normalized spacial score (nSPS) is 18.7. The molecule has 0 aromatic carbocycles. The number of nitrogens with zero attached hydrogens (tertiary/aromatic N) is 1. The zero-order valence-electron chi connectivity index (χ0n) is 7.84. The fourth-order valence-corrected chi connectivity index (χ4v) is 1.22. The highest BCUT2D eigenvalue weighted by atomic mass is 16.2. The molecule has 66 valence electrons. The van der Waals surface area contributed by atoms with Crippen molar-refractivity contribution in [2.45, 2.75) is 33.2 Å². The standard InChI is InChI=1S/C9H13NO2/c1-6-5-7(11)10(8(6)12)9(2,3)4/h5H,1-4H3. The summed E-state index contributed by atoms with van der Waals surface area (Å²) in [6.07, 6.45) is 1.38. The number of carbonyl (C=O) groups excluding carboxylic acids is 2. The smallest absolute Gasteiger partial charge is 0.257 e. The van der Waals surface area contributed by atoms with Gasteiger partial charge < -0.3 is 0 Å². The molecule has 0 fully saturated rings. The van der Waals surface area contributed by atoms with E-state index in [-0.39, 0.29) is 11.8 Å². The van der Waals surface area contributed by atoms with Gasteiger partial charge in [-0.2, -0.15) is 0 Å². The van der Waals surface area contributed by atoms with Crippen LogP contribution in [0, 0.1) is 0 Å². The molecule has 2 amide bonds. The molecule has 0 aliphatic carbocycles. The van der Waals surface area contributed by atoms with E-state index in [0.29, 0.717) is 5.57 Å². The Morgan fingerprint density at radius 1 is 1.25 bits per heavy atom. The van der Waals surface area contributed by atoms with Crippen molar-refractivity contribution < 1.29 is 9.59 Å². The Hall–Kier alpha value is -1.12. The first kappa shape index (κ1) is 8.97. The van der Waals surface area contributed by atoms with Crippen molar-refractivity contribution >= 4 is 11.8 Å². The van der Waals surface area contributed by atoms with Crippen LogP contribution in [0.1, 0.15) is 27.7 Å². The molecular weight excluding hydrogens is 154 g/mol. The number of amides is 2. The molecule has 1 aliphatic rings. The first-order chi connectivity index (χ1) is 5.34. The Morgan fingerprint density at radius 3 is 1.92 bits per heavy atom. The summed E-state index contributed by atoms with van der Waals surface area (Å²) < 4.78 is 0. The summed E-state index contributed by atoms with van der Waals surface area (Å²) in [6.45, 7) is 7.19. The summed E-state index contributed by atoms with van der Waals surface area (Å²) in [6, 6.07) is 0. The van der Waals surface area contributed by atoms with Crippen LogP contribution >= 0.6 is 0 Å². The molecule has 0 aromatic heterocycles. The lowest BCUT2D eigenvalue weighted by atomic mass is 10.1. The molecule has 0 saturated heterocycles. The summed E-state index contributed by atoms with van der Waals surface area (Å²) in [5.74, 6) is -0.377. The van der Waals surface area contributed by atoms with Gasteiger partial charge >= 0.3 is 0 Å². The highest BCUT2D eigenvalue weighted by Crippen LogP contribution is 2.22. The van der Waals surface area contributed by atoms with E-state index in [9.17, 15) is 9.59 Å². The average Bonchev–Trinajstić information content (AvgIpc) is 2.05. The van der Waals surface area contributed by atoms with Gasteiger partial charge in [-0.3, -0.25) is 14.5 Å². The zero-order chi connectivity index (χ0) is 9.52. The highest BCUT2D eigenvalue weighted by molar-refractivity contribution is 6.16. The van der Waals surface area contributed by atoms with E-state index >= 15 is 0 Å². The van der Waals surface area contributed by atoms with Crippen LogP contribution in [0.2, 0.25) is 0 Å². The predicted octanol–water partition coefficient (Wildman–Crippen LogP) is 1.10. The van der Waals surface area contributed by atoms with Gasteiger partial charge in [-0.1, -0.05) is 0 Å². The van der Waals surface area contributed by atoms with Crippen molar-refractivity contribution in [3.8, 4) is 0 Å². The fourth-order valence-electron chi connectivity index (χ4n) is 1.22. The molecular formula is C9H13NO2. The van der Waals surface area contributed by atoms with Gasteiger partial charge in [0.05, 0.1) is 0 Å². The lowest BCUT2D eigenvalue weighted by molar-refractivity contribution is -0.142. The number of carbonyl (C=O) groups is 2. The van der Waals surface area contributed by atoms with E-state index < -0.39 is 5.54 Å². The van der Waals surface area contributed by atoms with Crippen LogP contribution in [0.4, 0.5) is 0 Å². The van der Waals surface area contributed by atoms with E-state index in [1.54, 1.807) is 6.92 Å². The Balaban J connectivity index is 2.99. The van der Waals surface area contributed by atoms with Gasteiger partial charge in [0, 0.05) is 17.2 Å². The second-order valence-electron chi connectivity index (χ2n) is 3.98. The Labute approximate surface area is 72.0 Å². The number of imide groups is 1. The molecule has 0 bridgehead atoms. The minimum Gasteiger partial charge on any atom is -0.270 e. The van der Waals surface area contributed by atoms with E-state index in [0.717, 1.165) is 0 Å². The maximum atomic E-state index is 11.4. The van der Waals surface area contributed by atoms with E-state index in [1.807, 2.05) is 20.8 Å².